The number of carbonyl (C=O) groups is 1. The molecule has 1 aliphatic heterocycles. The maximum Gasteiger partial charge on any atom is 0.245 e. The molecule has 1 atom stereocenters. The van der Waals surface area contributed by atoms with Gasteiger partial charge in [-0.25, -0.2) is 0 Å². The van der Waals surface area contributed by atoms with E-state index in [1.165, 1.54) is 0 Å². The van der Waals surface area contributed by atoms with E-state index in [4.69, 9.17) is 5.73 Å². The maximum atomic E-state index is 12.2. The molecule has 1 unspecified atom stereocenters. The lowest BCUT2D eigenvalue weighted by Crippen LogP contribution is -2.56. The van der Waals surface area contributed by atoms with E-state index in [1.807, 2.05) is 54.6 Å². The van der Waals surface area contributed by atoms with Crippen LogP contribution in [-0.2, 0) is 17.6 Å². The summed E-state index contributed by atoms with van der Waals surface area (Å²) in [6.45, 7) is 0. The van der Waals surface area contributed by atoms with Gasteiger partial charge in [0.25, 0.3) is 0 Å². The molecule has 0 saturated heterocycles. The van der Waals surface area contributed by atoms with Gasteiger partial charge >= 0.3 is 0 Å². The fourth-order valence-electron chi connectivity index (χ4n) is 2.57. The third-order valence-electron chi connectivity index (χ3n) is 3.59. The van der Waals surface area contributed by atoms with Gasteiger partial charge < -0.3 is 11.1 Å². The summed E-state index contributed by atoms with van der Waals surface area (Å²) in [5.74, 6) is -0.102. The van der Waals surface area contributed by atoms with Crippen LogP contribution in [0.5, 0.6) is 0 Å². The van der Waals surface area contributed by atoms with E-state index in [-0.39, 0.29) is 5.91 Å². The van der Waals surface area contributed by atoms with Gasteiger partial charge in [0.05, 0.1) is 0 Å². The normalized spacial score (nSPS) is 21.6. The van der Waals surface area contributed by atoms with Crippen molar-refractivity contribution in [2.24, 2.45) is 5.73 Å². The summed E-state index contributed by atoms with van der Waals surface area (Å²) in [7, 11) is 0. The Morgan fingerprint density at radius 2 is 1.74 bits per heavy atom. The second-order valence-electron chi connectivity index (χ2n) is 5.11. The first kappa shape index (κ1) is 11.9. The minimum absolute atomic E-state index is 0.102. The summed E-state index contributed by atoms with van der Waals surface area (Å²) in [4.78, 5) is 12.2. The molecule has 2 aromatic rings. The Balaban J connectivity index is 1.91. The lowest BCUT2D eigenvalue weighted by atomic mass is 9.82. The predicted molar refractivity (Wildman–Crippen MR) is 75.8 cm³/mol. The minimum atomic E-state index is -0.865. The zero-order valence-electron chi connectivity index (χ0n) is 10.6. The van der Waals surface area contributed by atoms with Gasteiger partial charge in [0.2, 0.25) is 5.91 Å². The Morgan fingerprint density at radius 3 is 2.53 bits per heavy atom. The van der Waals surface area contributed by atoms with Crippen molar-refractivity contribution in [1.82, 2.24) is 0 Å². The summed E-state index contributed by atoms with van der Waals surface area (Å²) >= 11 is 0. The molecule has 2 aromatic carbocycles. The zero-order chi connectivity index (χ0) is 13.3. The number of benzene rings is 2. The molecule has 1 aliphatic rings. The number of fused-ring (bicyclic) bond motifs is 1. The Morgan fingerprint density at radius 1 is 1.05 bits per heavy atom. The van der Waals surface area contributed by atoms with E-state index in [9.17, 15) is 4.79 Å². The highest BCUT2D eigenvalue weighted by atomic mass is 16.2. The van der Waals surface area contributed by atoms with Crippen LogP contribution in [0.2, 0.25) is 0 Å². The topological polar surface area (TPSA) is 55.1 Å². The van der Waals surface area contributed by atoms with Gasteiger partial charge in [-0.1, -0.05) is 48.5 Å². The molecule has 3 rings (SSSR count). The van der Waals surface area contributed by atoms with Crippen LogP contribution in [0.25, 0.3) is 0 Å². The van der Waals surface area contributed by atoms with E-state index in [1.54, 1.807) is 0 Å². The van der Waals surface area contributed by atoms with Crippen LogP contribution in [0.4, 0.5) is 5.69 Å². The molecule has 3 nitrogen and oxygen atoms in total. The van der Waals surface area contributed by atoms with Gasteiger partial charge in [-0.05, 0) is 23.6 Å². The van der Waals surface area contributed by atoms with Gasteiger partial charge in [0.15, 0.2) is 0 Å². The highest BCUT2D eigenvalue weighted by Crippen LogP contribution is 2.28. The molecule has 3 heteroatoms. The van der Waals surface area contributed by atoms with Gasteiger partial charge in [0.1, 0.15) is 5.54 Å². The second kappa shape index (κ2) is 4.52. The van der Waals surface area contributed by atoms with Crippen molar-refractivity contribution in [3.63, 3.8) is 0 Å². The number of rotatable bonds is 2. The van der Waals surface area contributed by atoms with Crippen molar-refractivity contribution < 1.29 is 4.79 Å². The zero-order valence-corrected chi connectivity index (χ0v) is 10.6. The number of anilines is 1. The summed E-state index contributed by atoms with van der Waals surface area (Å²) in [5, 5.41) is 2.91. The SMILES string of the molecule is NC1(Cc2ccccc2)Cc2ccccc2NC1=O. The van der Waals surface area contributed by atoms with Crippen molar-refractivity contribution in [2.75, 3.05) is 5.32 Å². The van der Waals surface area contributed by atoms with E-state index in [2.05, 4.69) is 5.32 Å². The molecular formula is C16H16N2O. The number of carbonyl (C=O) groups excluding carboxylic acids is 1. The quantitative estimate of drug-likeness (QED) is 0.860. The van der Waals surface area contributed by atoms with Crippen LogP contribution in [0.1, 0.15) is 11.1 Å². The number of para-hydroxylation sites is 1. The Kier molecular flexibility index (Phi) is 2.84. The fourth-order valence-corrected chi connectivity index (χ4v) is 2.57. The molecule has 1 amide bonds. The van der Waals surface area contributed by atoms with Gasteiger partial charge in [-0.2, -0.15) is 0 Å². The third kappa shape index (κ3) is 2.25. The molecule has 0 fully saturated rings. The first-order valence-electron chi connectivity index (χ1n) is 6.40. The first-order valence-corrected chi connectivity index (χ1v) is 6.40. The molecule has 3 N–H and O–H groups in total. The Bertz CT molecular complexity index is 609. The van der Waals surface area contributed by atoms with Crippen molar-refractivity contribution in [3.05, 3.63) is 65.7 Å². The molecule has 0 radical (unpaired) electrons. The maximum absolute atomic E-state index is 12.2. The number of amides is 1. The number of nitrogens with two attached hydrogens (primary N) is 1. The largest absolute Gasteiger partial charge is 0.324 e. The fraction of sp³-hybridized carbons (Fsp3) is 0.188. The van der Waals surface area contributed by atoms with E-state index in [0.717, 1.165) is 16.8 Å². The van der Waals surface area contributed by atoms with E-state index < -0.39 is 5.54 Å². The lowest BCUT2D eigenvalue weighted by molar-refractivity contribution is -0.121. The number of hydrogen-bond acceptors (Lipinski definition) is 2. The first-order chi connectivity index (χ1) is 9.17. The molecule has 0 saturated carbocycles. The van der Waals surface area contributed by atoms with Gasteiger partial charge in [-0.15, -0.1) is 0 Å². The van der Waals surface area contributed by atoms with Crippen molar-refractivity contribution in [3.8, 4) is 0 Å². The molecule has 0 spiro atoms. The molecule has 1 heterocycles. The van der Waals surface area contributed by atoms with Crippen LogP contribution in [0.3, 0.4) is 0 Å². The molecular weight excluding hydrogens is 236 g/mol. The predicted octanol–water partition coefficient (Wildman–Crippen LogP) is 2.12. The molecule has 0 aliphatic carbocycles. The van der Waals surface area contributed by atoms with Crippen LogP contribution in [0.15, 0.2) is 54.6 Å². The van der Waals surface area contributed by atoms with E-state index in [0.29, 0.717) is 12.8 Å². The number of nitrogens with one attached hydrogen (secondary N) is 1. The molecule has 0 aromatic heterocycles. The summed E-state index contributed by atoms with van der Waals surface area (Å²) in [5.41, 5.74) is 8.53. The highest BCUT2D eigenvalue weighted by Gasteiger charge is 2.38. The van der Waals surface area contributed by atoms with Crippen LogP contribution in [-0.4, -0.2) is 11.4 Å². The highest BCUT2D eigenvalue weighted by molar-refractivity contribution is 6.01. The van der Waals surface area contributed by atoms with Crippen LogP contribution in [0, 0.1) is 0 Å². The van der Waals surface area contributed by atoms with Gasteiger partial charge in [0, 0.05) is 12.1 Å². The van der Waals surface area contributed by atoms with Gasteiger partial charge in [-0.3, -0.25) is 4.79 Å². The van der Waals surface area contributed by atoms with Crippen LogP contribution >= 0.6 is 0 Å². The molecule has 19 heavy (non-hydrogen) atoms. The summed E-state index contributed by atoms with van der Waals surface area (Å²) in [6, 6.07) is 17.7. The second-order valence-corrected chi connectivity index (χ2v) is 5.11. The monoisotopic (exact) mass is 252 g/mol. The van der Waals surface area contributed by atoms with Crippen molar-refractivity contribution in [1.29, 1.82) is 0 Å². The summed E-state index contributed by atoms with van der Waals surface area (Å²) in [6.07, 6.45) is 1.12. The average Bonchev–Trinajstić information content (AvgIpc) is 2.41. The van der Waals surface area contributed by atoms with Crippen molar-refractivity contribution >= 4 is 11.6 Å². The third-order valence-corrected chi connectivity index (χ3v) is 3.59. The molecule has 96 valence electrons. The van der Waals surface area contributed by atoms with E-state index >= 15 is 0 Å². The number of hydrogen-bond donors (Lipinski definition) is 2. The standard InChI is InChI=1S/C16H16N2O/c17-16(10-12-6-2-1-3-7-12)11-13-8-4-5-9-14(13)18-15(16)19/h1-9H,10-11,17H2,(H,18,19). The molecule has 0 bridgehead atoms. The smallest absolute Gasteiger partial charge is 0.245 e. The summed E-state index contributed by atoms with van der Waals surface area (Å²) < 4.78 is 0. The van der Waals surface area contributed by atoms with Crippen LogP contribution < -0.4 is 11.1 Å². The Hall–Kier alpha value is -2.13. The Labute approximate surface area is 112 Å². The van der Waals surface area contributed by atoms with Crippen molar-refractivity contribution in [2.45, 2.75) is 18.4 Å². The lowest BCUT2D eigenvalue weighted by Gasteiger charge is -2.33. The minimum Gasteiger partial charge on any atom is -0.324 e. The average molecular weight is 252 g/mol.